The number of benzene rings is 3. The number of aromatic amines is 1. The Labute approximate surface area is 237 Å². The fourth-order valence-electron chi connectivity index (χ4n) is 5.14. The van der Waals surface area contributed by atoms with Gasteiger partial charge in [-0.1, -0.05) is 18.2 Å². The molecule has 1 fully saturated rings. The third-order valence-electron chi connectivity index (χ3n) is 7.24. The molecule has 0 radical (unpaired) electrons. The number of rotatable bonds is 10. The second-order valence-corrected chi connectivity index (χ2v) is 14.3. The molecule has 0 spiro atoms. The molecule has 3 aromatic carbocycles. The molecule has 6 rings (SSSR count). The summed E-state index contributed by atoms with van der Waals surface area (Å²) in [6.07, 6.45) is 6.40. The van der Waals surface area contributed by atoms with Crippen LogP contribution in [-0.2, 0) is 19.9 Å². The smallest absolute Gasteiger partial charge is 0.232 e. The summed E-state index contributed by atoms with van der Waals surface area (Å²) >= 11 is 0. The zero-order valence-corrected chi connectivity index (χ0v) is 23.9. The Bertz CT molecular complexity index is 1920. The number of sulfone groups is 1. The second kappa shape index (κ2) is 10.5. The Hall–Kier alpha value is -3.96. The van der Waals surface area contributed by atoms with E-state index in [2.05, 4.69) is 9.97 Å². The number of furan rings is 1. The van der Waals surface area contributed by atoms with Crippen molar-refractivity contribution < 1.29 is 25.6 Å². The van der Waals surface area contributed by atoms with Crippen LogP contribution in [0.4, 0.5) is 10.1 Å². The van der Waals surface area contributed by atoms with Gasteiger partial charge in [-0.2, -0.15) is 0 Å². The van der Waals surface area contributed by atoms with Crippen molar-refractivity contribution in [3.05, 3.63) is 90.5 Å². The third kappa shape index (κ3) is 5.51. The van der Waals surface area contributed by atoms with Crippen molar-refractivity contribution in [2.45, 2.75) is 30.1 Å². The maximum absolute atomic E-state index is 13.7. The molecule has 2 heterocycles. The standard InChI is InChI=1S/C30H28FN3O5S2/c1-40(35,36)34(16-5-17-41(37,38)23-6-3-2-4-7-23)26-19-27-25(18-24(26)20-8-9-20)28(30-32-14-15-33-30)29(39-27)21-10-12-22(31)13-11-21/h2-4,6-7,10-15,18-20H,5,8-9,16-17H2,1H3,(H,32,33). The van der Waals surface area contributed by atoms with Crippen LogP contribution in [0.25, 0.3) is 33.7 Å². The molecule has 1 aliphatic rings. The lowest BCUT2D eigenvalue weighted by molar-refractivity contribution is 0.587. The molecule has 0 aliphatic heterocycles. The first-order valence-corrected chi connectivity index (χ1v) is 16.7. The minimum Gasteiger partial charge on any atom is -0.455 e. The van der Waals surface area contributed by atoms with Crippen LogP contribution in [0.3, 0.4) is 0 Å². The topological polar surface area (TPSA) is 113 Å². The van der Waals surface area contributed by atoms with Crippen molar-refractivity contribution in [2.75, 3.05) is 22.9 Å². The van der Waals surface area contributed by atoms with Gasteiger partial charge in [-0.25, -0.2) is 26.2 Å². The molecule has 0 atom stereocenters. The van der Waals surface area contributed by atoms with Crippen LogP contribution in [0.1, 0.15) is 30.7 Å². The fourth-order valence-corrected chi connectivity index (χ4v) is 7.43. The number of nitrogens with zero attached hydrogens (tertiary/aromatic N) is 2. The number of fused-ring (bicyclic) bond motifs is 1. The average Bonchev–Trinajstić information content (AvgIpc) is 3.51. The highest BCUT2D eigenvalue weighted by Crippen LogP contribution is 2.49. The molecule has 0 bridgehead atoms. The number of anilines is 1. The van der Waals surface area contributed by atoms with E-state index in [-0.39, 0.29) is 35.3 Å². The van der Waals surface area contributed by atoms with E-state index < -0.39 is 19.9 Å². The number of hydrogen-bond acceptors (Lipinski definition) is 6. The molecule has 0 amide bonds. The van der Waals surface area contributed by atoms with Crippen LogP contribution >= 0.6 is 0 Å². The molecule has 8 nitrogen and oxygen atoms in total. The summed E-state index contributed by atoms with van der Waals surface area (Å²) in [7, 11) is -7.33. The lowest BCUT2D eigenvalue weighted by Gasteiger charge is -2.25. The Balaban J connectivity index is 1.43. The van der Waals surface area contributed by atoms with Gasteiger partial charge in [-0.05, 0) is 73.2 Å². The SMILES string of the molecule is CS(=O)(=O)N(CCCS(=O)(=O)c1ccccc1)c1cc2oc(-c3ccc(F)cc3)c(-c3ncc[nH]3)c2cc1C1CC1. The Morgan fingerprint density at radius 3 is 2.39 bits per heavy atom. The van der Waals surface area contributed by atoms with E-state index in [1.165, 1.54) is 28.6 Å². The highest BCUT2D eigenvalue weighted by molar-refractivity contribution is 7.92. The van der Waals surface area contributed by atoms with E-state index in [0.717, 1.165) is 30.0 Å². The summed E-state index contributed by atoms with van der Waals surface area (Å²) < 4.78 is 73.2. The second-order valence-electron chi connectivity index (χ2n) is 10.3. The quantitative estimate of drug-likeness (QED) is 0.208. The highest BCUT2D eigenvalue weighted by Gasteiger charge is 2.33. The minimum absolute atomic E-state index is 0.00725. The van der Waals surface area contributed by atoms with Gasteiger partial charge >= 0.3 is 0 Å². The van der Waals surface area contributed by atoms with E-state index >= 15 is 0 Å². The van der Waals surface area contributed by atoms with E-state index in [1.807, 2.05) is 6.07 Å². The van der Waals surface area contributed by atoms with Gasteiger partial charge in [0.05, 0.1) is 28.2 Å². The lowest BCUT2D eigenvalue weighted by atomic mass is 10.0. The van der Waals surface area contributed by atoms with E-state index in [0.29, 0.717) is 34.0 Å². The number of hydrogen-bond donors (Lipinski definition) is 1. The molecule has 11 heteroatoms. The maximum Gasteiger partial charge on any atom is 0.232 e. The number of sulfonamides is 1. The van der Waals surface area contributed by atoms with Crippen molar-refractivity contribution in [3.8, 4) is 22.7 Å². The van der Waals surface area contributed by atoms with Crippen LogP contribution in [0.5, 0.6) is 0 Å². The molecular formula is C30H28FN3O5S2. The van der Waals surface area contributed by atoms with Gasteiger partial charge in [-0.15, -0.1) is 0 Å². The monoisotopic (exact) mass is 593 g/mol. The van der Waals surface area contributed by atoms with Gasteiger partial charge in [0.15, 0.2) is 9.84 Å². The first-order valence-electron chi connectivity index (χ1n) is 13.2. The van der Waals surface area contributed by atoms with Gasteiger partial charge in [0.2, 0.25) is 10.0 Å². The number of halogens is 1. The molecule has 1 saturated carbocycles. The number of aromatic nitrogens is 2. The largest absolute Gasteiger partial charge is 0.455 e. The predicted molar refractivity (Wildman–Crippen MR) is 156 cm³/mol. The Morgan fingerprint density at radius 2 is 1.76 bits per heavy atom. The summed E-state index contributed by atoms with van der Waals surface area (Å²) in [4.78, 5) is 7.77. The molecule has 0 unspecified atom stereocenters. The van der Waals surface area contributed by atoms with E-state index in [1.54, 1.807) is 48.8 Å². The molecule has 1 N–H and O–H groups in total. The van der Waals surface area contributed by atoms with E-state index in [9.17, 15) is 21.2 Å². The summed E-state index contributed by atoms with van der Waals surface area (Å²) in [6, 6.07) is 17.8. The fraction of sp³-hybridized carbons (Fsp3) is 0.233. The van der Waals surface area contributed by atoms with Gasteiger partial charge in [0.1, 0.15) is 23.0 Å². The summed E-state index contributed by atoms with van der Waals surface area (Å²) in [5.41, 5.74) is 3.12. The first-order chi connectivity index (χ1) is 19.6. The van der Waals surface area contributed by atoms with Crippen molar-refractivity contribution in [2.24, 2.45) is 0 Å². The zero-order valence-electron chi connectivity index (χ0n) is 22.2. The van der Waals surface area contributed by atoms with Crippen LogP contribution in [0.15, 0.2) is 88.4 Å². The van der Waals surface area contributed by atoms with Gasteiger partial charge in [0.25, 0.3) is 0 Å². The predicted octanol–water partition coefficient (Wildman–Crippen LogP) is 6.14. The van der Waals surface area contributed by atoms with Gasteiger partial charge in [-0.3, -0.25) is 4.31 Å². The molecule has 5 aromatic rings. The molecule has 212 valence electrons. The van der Waals surface area contributed by atoms with E-state index in [4.69, 9.17) is 4.42 Å². The average molecular weight is 594 g/mol. The maximum atomic E-state index is 13.7. The highest BCUT2D eigenvalue weighted by atomic mass is 32.2. The van der Waals surface area contributed by atoms with Crippen molar-refractivity contribution in [1.82, 2.24) is 9.97 Å². The van der Waals surface area contributed by atoms with Crippen molar-refractivity contribution >= 4 is 36.5 Å². The molecule has 2 aromatic heterocycles. The summed E-state index contributed by atoms with van der Waals surface area (Å²) in [5, 5.41) is 0.755. The Kier molecular flexibility index (Phi) is 6.95. The molecular weight excluding hydrogens is 565 g/mol. The van der Waals surface area contributed by atoms with Crippen LogP contribution in [0.2, 0.25) is 0 Å². The van der Waals surface area contributed by atoms with Gasteiger partial charge in [0, 0.05) is 36.0 Å². The van der Waals surface area contributed by atoms with Crippen molar-refractivity contribution in [3.63, 3.8) is 0 Å². The molecule has 1 aliphatic carbocycles. The minimum atomic E-state index is -3.76. The number of nitrogens with one attached hydrogen (secondary N) is 1. The summed E-state index contributed by atoms with van der Waals surface area (Å²) in [6.45, 7) is -0.00725. The number of H-pyrrole nitrogens is 1. The molecule has 0 saturated heterocycles. The number of imidazole rings is 1. The molecule has 41 heavy (non-hydrogen) atoms. The van der Waals surface area contributed by atoms with Crippen LogP contribution < -0.4 is 4.31 Å². The normalized spacial score (nSPS) is 14.0. The van der Waals surface area contributed by atoms with Crippen molar-refractivity contribution in [1.29, 1.82) is 0 Å². The lowest BCUT2D eigenvalue weighted by Crippen LogP contribution is -2.32. The van der Waals surface area contributed by atoms with Crippen LogP contribution in [-0.4, -0.2) is 45.4 Å². The Morgan fingerprint density at radius 1 is 1.02 bits per heavy atom. The third-order valence-corrected chi connectivity index (χ3v) is 10.2. The van der Waals surface area contributed by atoms with Gasteiger partial charge < -0.3 is 9.40 Å². The summed E-state index contributed by atoms with van der Waals surface area (Å²) in [5.74, 6) is 0.654. The van der Waals surface area contributed by atoms with Crippen LogP contribution in [0, 0.1) is 5.82 Å². The first kappa shape index (κ1) is 27.2. The zero-order chi connectivity index (χ0) is 28.8.